The van der Waals surface area contributed by atoms with Crippen molar-refractivity contribution in [2.45, 2.75) is 24.9 Å². The summed E-state index contributed by atoms with van der Waals surface area (Å²) >= 11 is 0. The molecule has 1 aromatic carbocycles. The van der Waals surface area contributed by atoms with Crippen molar-refractivity contribution in [1.82, 2.24) is 0 Å². The monoisotopic (exact) mass is 241 g/mol. The van der Waals surface area contributed by atoms with E-state index in [4.69, 9.17) is 0 Å². The maximum atomic E-state index is 11.0. The second-order valence-corrected chi connectivity index (χ2v) is 6.22. The van der Waals surface area contributed by atoms with Crippen molar-refractivity contribution in [3.05, 3.63) is 29.8 Å². The zero-order valence-corrected chi connectivity index (χ0v) is 9.92. The summed E-state index contributed by atoms with van der Waals surface area (Å²) in [5.74, 6) is 0. The van der Waals surface area contributed by atoms with Crippen molar-refractivity contribution >= 4 is 15.7 Å². The lowest BCUT2D eigenvalue weighted by molar-refractivity contribution is 0.151. The summed E-state index contributed by atoms with van der Waals surface area (Å²) in [4.78, 5) is 0. The number of rotatable bonds is 4. The first-order valence-corrected chi connectivity index (χ1v) is 7.05. The Balaban J connectivity index is 2.04. The molecular formula is C11H15NO3S. The molecule has 0 saturated heterocycles. The number of hydrogen-bond donors (Lipinski definition) is 2. The lowest BCUT2D eigenvalue weighted by Crippen LogP contribution is -2.11. The predicted molar refractivity (Wildman–Crippen MR) is 62.8 cm³/mol. The highest BCUT2D eigenvalue weighted by Gasteiger charge is 2.39. The highest BCUT2D eigenvalue weighted by molar-refractivity contribution is 7.92. The Labute approximate surface area is 95.4 Å². The molecule has 0 aliphatic heterocycles. The van der Waals surface area contributed by atoms with Crippen LogP contribution in [0.15, 0.2) is 24.3 Å². The molecule has 0 atom stereocenters. The second-order valence-electron chi connectivity index (χ2n) is 4.47. The molecule has 1 aliphatic carbocycles. The summed E-state index contributed by atoms with van der Waals surface area (Å²) in [6, 6.07) is 7.10. The van der Waals surface area contributed by atoms with Crippen LogP contribution in [0.5, 0.6) is 0 Å². The molecule has 0 amide bonds. The van der Waals surface area contributed by atoms with E-state index in [1.807, 2.05) is 12.1 Å². The van der Waals surface area contributed by atoms with Crippen molar-refractivity contribution in [3.8, 4) is 0 Å². The van der Waals surface area contributed by atoms with Crippen LogP contribution in [-0.2, 0) is 16.4 Å². The zero-order chi connectivity index (χ0) is 11.8. The summed E-state index contributed by atoms with van der Waals surface area (Å²) in [5.41, 5.74) is 1.07. The van der Waals surface area contributed by atoms with Crippen LogP contribution in [0.25, 0.3) is 0 Å². The molecule has 5 heteroatoms. The Morgan fingerprint density at radius 2 is 1.88 bits per heavy atom. The van der Waals surface area contributed by atoms with Crippen LogP contribution < -0.4 is 4.72 Å². The van der Waals surface area contributed by atoms with E-state index in [2.05, 4.69) is 4.72 Å². The van der Waals surface area contributed by atoms with Crippen LogP contribution >= 0.6 is 0 Å². The third-order valence-electron chi connectivity index (χ3n) is 2.62. The smallest absolute Gasteiger partial charge is 0.229 e. The molecule has 88 valence electrons. The fourth-order valence-corrected chi connectivity index (χ4v) is 2.17. The summed E-state index contributed by atoms with van der Waals surface area (Å²) in [6.45, 7) is 0. The van der Waals surface area contributed by atoms with Gasteiger partial charge in [0.05, 0.1) is 11.9 Å². The molecule has 2 N–H and O–H groups in total. The summed E-state index contributed by atoms with van der Waals surface area (Å²) in [5, 5.41) is 9.73. The van der Waals surface area contributed by atoms with Gasteiger partial charge in [-0.2, -0.15) is 0 Å². The summed E-state index contributed by atoms with van der Waals surface area (Å²) in [7, 11) is -3.21. The van der Waals surface area contributed by atoms with Gasteiger partial charge in [-0.1, -0.05) is 12.1 Å². The van der Waals surface area contributed by atoms with Crippen molar-refractivity contribution in [2.75, 3.05) is 11.0 Å². The number of nitrogens with one attached hydrogen (secondary N) is 1. The molecule has 0 unspecified atom stereocenters. The van der Waals surface area contributed by atoms with Gasteiger partial charge in [-0.3, -0.25) is 4.72 Å². The highest BCUT2D eigenvalue weighted by atomic mass is 32.2. The Morgan fingerprint density at radius 3 is 2.31 bits per heavy atom. The lowest BCUT2D eigenvalue weighted by atomic mass is 10.1. The quantitative estimate of drug-likeness (QED) is 0.830. The van der Waals surface area contributed by atoms with E-state index in [-0.39, 0.29) is 0 Å². The Hall–Kier alpha value is -1.07. The molecule has 4 nitrogen and oxygen atoms in total. The molecular weight excluding hydrogens is 226 g/mol. The average Bonchev–Trinajstić information content (AvgIpc) is 2.85. The van der Waals surface area contributed by atoms with Crippen LogP contribution in [0.3, 0.4) is 0 Å². The van der Waals surface area contributed by atoms with Gasteiger partial charge in [-0.25, -0.2) is 8.42 Å². The number of hydrogen-bond acceptors (Lipinski definition) is 3. The van der Waals surface area contributed by atoms with Gasteiger partial charge in [0, 0.05) is 12.1 Å². The predicted octanol–water partition coefficient (Wildman–Crippen LogP) is 1.13. The van der Waals surface area contributed by atoms with Crippen molar-refractivity contribution in [1.29, 1.82) is 0 Å². The van der Waals surface area contributed by atoms with Gasteiger partial charge in [-0.05, 0) is 30.5 Å². The number of sulfonamides is 1. The second kappa shape index (κ2) is 3.75. The zero-order valence-electron chi connectivity index (χ0n) is 9.10. The molecule has 0 radical (unpaired) electrons. The third-order valence-corrected chi connectivity index (χ3v) is 3.22. The topological polar surface area (TPSA) is 66.4 Å². The largest absolute Gasteiger partial charge is 0.390 e. The lowest BCUT2D eigenvalue weighted by Gasteiger charge is -2.08. The van der Waals surface area contributed by atoms with E-state index >= 15 is 0 Å². The molecule has 0 heterocycles. The summed E-state index contributed by atoms with van der Waals surface area (Å²) in [6.07, 6.45) is 3.48. The first-order valence-electron chi connectivity index (χ1n) is 5.15. The Morgan fingerprint density at radius 1 is 1.31 bits per heavy atom. The normalized spacial score (nSPS) is 18.1. The van der Waals surface area contributed by atoms with Gasteiger partial charge < -0.3 is 5.11 Å². The first-order chi connectivity index (χ1) is 7.36. The van der Waals surface area contributed by atoms with Gasteiger partial charge in [0.1, 0.15) is 0 Å². The first kappa shape index (κ1) is 11.4. The number of anilines is 1. The van der Waals surface area contributed by atoms with E-state index in [0.29, 0.717) is 12.1 Å². The molecule has 0 aromatic heterocycles. The Bertz CT molecular complexity index is 474. The van der Waals surface area contributed by atoms with Crippen LogP contribution in [0.1, 0.15) is 18.4 Å². The minimum Gasteiger partial charge on any atom is -0.390 e. The standard InChI is InChI=1S/C11H15NO3S/c1-16(14,15)12-10-4-2-9(3-5-10)8-11(13)6-7-11/h2-5,12-13H,6-8H2,1H3. The third kappa shape index (κ3) is 3.21. The fraction of sp³-hybridized carbons (Fsp3) is 0.455. The summed E-state index contributed by atoms with van der Waals surface area (Å²) < 4.78 is 24.3. The van der Waals surface area contributed by atoms with Gasteiger partial charge in [0.15, 0.2) is 0 Å². The van der Waals surface area contributed by atoms with Gasteiger partial charge in [0.2, 0.25) is 10.0 Å². The van der Waals surface area contributed by atoms with E-state index in [1.165, 1.54) is 0 Å². The van der Waals surface area contributed by atoms with Crippen molar-refractivity contribution < 1.29 is 13.5 Å². The van der Waals surface area contributed by atoms with Crippen molar-refractivity contribution in [2.24, 2.45) is 0 Å². The average molecular weight is 241 g/mol. The maximum absolute atomic E-state index is 11.0. The van der Waals surface area contributed by atoms with Crippen LogP contribution in [0.4, 0.5) is 5.69 Å². The molecule has 2 rings (SSSR count). The number of benzene rings is 1. The molecule has 16 heavy (non-hydrogen) atoms. The molecule has 0 bridgehead atoms. The molecule has 1 aromatic rings. The Kier molecular flexibility index (Phi) is 2.67. The molecule has 1 fully saturated rings. The van der Waals surface area contributed by atoms with Gasteiger partial charge >= 0.3 is 0 Å². The fourth-order valence-electron chi connectivity index (χ4n) is 1.61. The van der Waals surface area contributed by atoms with E-state index < -0.39 is 15.6 Å². The molecule has 0 spiro atoms. The van der Waals surface area contributed by atoms with Crippen LogP contribution in [-0.4, -0.2) is 25.4 Å². The number of aliphatic hydroxyl groups is 1. The molecule has 1 saturated carbocycles. The van der Waals surface area contributed by atoms with Crippen LogP contribution in [0.2, 0.25) is 0 Å². The van der Waals surface area contributed by atoms with E-state index in [1.54, 1.807) is 12.1 Å². The van der Waals surface area contributed by atoms with Gasteiger partial charge in [0.25, 0.3) is 0 Å². The van der Waals surface area contributed by atoms with Gasteiger partial charge in [-0.15, -0.1) is 0 Å². The highest BCUT2D eigenvalue weighted by Crippen LogP contribution is 2.38. The SMILES string of the molecule is CS(=O)(=O)Nc1ccc(CC2(O)CC2)cc1. The maximum Gasteiger partial charge on any atom is 0.229 e. The van der Waals surface area contributed by atoms with Crippen molar-refractivity contribution in [3.63, 3.8) is 0 Å². The minimum absolute atomic E-state index is 0.508. The van der Waals surface area contributed by atoms with Crippen LogP contribution in [0, 0.1) is 0 Å². The van der Waals surface area contributed by atoms with E-state index in [9.17, 15) is 13.5 Å². The van der Waals surface area contributed by atoms with E-state index in [0.717, 1.165) is 24.7 Å². The minimum atomic E-state index is -3.21. The molecule has 1 aliphatic rings.